The molecule has 1 N–H and O–H groups in total. The summed E-state index contributed by atoms with van der Waals surface area (Å²) in [5, 5.41) is 4.39. The van der Waals surface area contributed by atoms with Crippen molar-refractivity contribution >= 4 is 34.1 Å². The maximum absolute atomic E-state index is 13.4. The molecule has 160 valence electrons. The second-order valence-corrected chi connectivity index (χ2v) is 9.23. The SMILES string of the molecule is O=c1n(Cc2nc3cc(Cl)ccn3c2NC2CCCCC2)c2cnccc2n1C1CC1. The number of nitrogens with one attached hydrogen (secondary N) is 1. The number of rotatable bonds is 5. The molecule has 0 bridgehead atoms. The first-order valence-corrected chi connectivity index (χ1v) is 11.5. The summed E-state index contributed by atoms with van der Waals surface area (Å²) in [7, 11) is 0. The van der Waals surface area contributed by atoms with Crippen LogP contribution in [0, 0.1) is 0 Å². The van der Waals surface area contributed by atoms with Gasteiger partial charge in [-0.3, -0.25) is 18.5 Å². The van der Waals surface area contributed by atoms with E-state index >= 15 is 0 Å². The Morgan fingerprint density at radius 3 is 2.74 bits per heavy atom. The highest BCUT2D eigenvalue weighted by Gasteiger charge is 2.29. The van der Waals surface area contributed by atoms with Crippen molar-refractivity contribution in [3.63, 3.8) is 0 Å². The minimum Gasteiger partial charge on any atom is -0.367 e. The lowest BCUT2D eigenvalue weighted by molar-refractivity contribution is 0.461. The van der Waals surface area contributed by atoms with Gasteiger partial charge in [0.05, 0.1) is 23.8 Å². The number of anilines is 1. The number of hydrogen-bond donors (Lipinski definition) is 1. The van der Waals surface area contributed by atoms with Crippen LogP contribution in [-0.2, 0) is 6.54 Å². The molecule has 0 atom stereocenters. The Kier molecular flexibility index (Phi) is 4.52. The van der Waals surface area contributed by atoms with Gasteiger partial charge in [0.15, 0.2) is 0 Å². The third-order valence-electron chi connectivity index (χ3n) is 6.59. The summed E-state index contributed by atoms with van der Waals surface area (Å²) in [6.45, 7) is 0.398. The minimum absolute atomic E-state index is 0.0178. The van der Waals surface area contributed by atoms with Gasteiger partial charge in [0.25, 0.3) is 0 Å². The summed E-state index contributed by atoms with van der Waals surface area (Å²) in [5.74, 6) is 0.960. The van der Waals surface area contributed by atoms with Crippen LogP contribution in [0.15, 0.2) is 41.6 Å². The van der Waals surface area contributed by atoms with Gasteiger partial charge in [0, 0.05) is 35.6 Å². The van der Waals surface area contributed by atoms with E-state index in [0.29, 0.717) is 23.7 Å². The van der Waals surface area contributed by atoms with Crippen molar-refractivity contribution in [3.05, 3.63) is 58.0 Å². The molecule has 0 amide bonds. The lowest BCUT2D eigenvalue weighted by atomic mass is 9.95. The van der Waals surface area contributed by atoms with Crippen molar-refractivity contribution in [1.29, 1.82) is 0 Å². The molecule has 2 aliphatic rings. The predicted molar refractivity (Wildman–Crippen MR) is 122 cm³/mol. The molecule has 0 aromatic carbocycles. The summed E-state index contributed by atoms with van der Waals surface area (Å²) in [6, 6.07) is 6.42. The molecule has 4 aromatic heterocycles. The average molecular weight is 437 g/mol. The molecule has 0 saturated heterocycles. The summed E-state index contributed by atoms with van der Waals surface area (Å²) in [6.07, 6.45) is 13.7. The zero-order chi connectivity index (χ0) is 20.9. The van der Waals surface area contributed by atoms with Crippen molar-refractivity contribution in [2.75, 3.05) is 5.32 Å². The van der Waals surface area contributed by atoms with Crippen LogP contribution >= 0.6 is 11.6 Å². The van der Waals surface area contributed by atoms with Crippen molar-refractivity contribution < 1.29 is 0 Å². The molecule has 2 fully saturated rings. The van der Waals surface area contributed by atoms with Crippen molar-refractivity contribution in [2.24, 2.45) is 0 Å². The number of pyridine rings is 2. The zero-order valence-corrected chi connectivity index (χ0v) is 18.1. The number of imidazole rings is 2. The average Bonchev–Trinajstić information content (AvgIpc) is 3.51. The Labute approximate surface area is 184 Å². The monoisotopic (exact) mass is 436 g/mol. The Balaban J connectivity index is 1.47. The van der Waals surface area contributed by atoms with Gasteiger partial charge in [-0.05, 0) is 37.8 Å². The maximum atomic E-state index is 13.4. The van der Waals surface area contributed by atoms with Crippen LogP contribution in [0.1, 0.15) is 56.7 Å². The van der Waals surface area contributed by atoms with Gasteiger partial charge in [-0.15, -0.1) is 0 Å². The Morgan fingerprint density at radius 1 is 1.10 bits per heavy atom. The van der Waals surface area contributed by atoms with Crippen LogP contribution in [0.25, 0.3) is 16.7 Å². The predicted octanol–water partition coefficient (Wildman–Crippen LogP) is 4.63. The van der Waals surface area contributed by atoms with Gasteiger partial charge in [-0.25, -0.2) is 9.78 Å². The molecular formula is C23H25ClN6O. The summed E-state index contributed by atoms with van der Waals surface area (Å²) in [4.78, 5) is 22.5. The molecule has 6 rings (SSSR count). The molecule has 0 unspecified atom stereocenters. The van der Waals surface area contributed by atoms with Crippen molar-refractivity contribution in [3.8, 4) is 0 Å². The molecule has 2 saturated carbocycles. The first-order chi connectivity index (χ1) is 15.2. The molecule has 0 spiro atoms. The number of nitrogens with zero attached hydrogens (tertiary/aromatic N) is 5. The second-order valence-electron chi connectivity index (χ2n) is 8.79. The van der Waals surface area contributed by atoms with Crippen LogP contribution in [-0.4, -0.2) is 29.5 Å². The first-order valence-electron chi connectivity index (χ1n) is 11.2. The van der Waals surface area contributed by atoms with E-state index < -0.39 is 0 Å². The fourth-order valence-corrected chi connectivity index (χ4v) is 5.04. The van der Waals surface area contributed by atoms with Crippen LogP contribution in [0.3, 0.4) is 0 Å². The Morgan fingerprint density at radius 2 is 1.94 bits per heavy atom. The quantitative estimate of drug-likeness (QED) is 0.495. The number of hydrogen-bond acceptors (Lipinski definition) is 4. The van der Waals surface area contributed by atoms with E-state index in [0.717, 1.165) is 53.9 Å². The Bertz CT molecular complexity index is 1330. The van der Waals surface area contributed by atoms with Crippen LogP contribution in [0.5, 0.6) is 0 Å². The number of halogens is 1. The van der Waals surface area contributed by atoms with Gasteiger partial charge in [0.2, 0.25) is 0 Å². The van der Waals surface area contributed by atoms with Gasteiger partial charge in [-0.2, -0.15) is 0 Å². The molecule has 2 aliphatic carbocycles. The summed E-state index contributed by atoms with van der Waals surface area (Å²) in [5.41, 5.74) is 3.48. The van der Waals surface area contributed by atoms with Crippen molar-refractivity contribution in [1.82, 2.24) is 23.5 Å². The number of aromatic nitrogens is 5. The molecule has 31 heavy (non-hydrogen) atoms. The molecule has 0 aliphatic heterocycles. The Hall–Kier alpha value is -2.80. The molecule has 7 nitrogen and oxygen atoms in total. The van der Waals surface area contributed by atoms with E-state index in [1.165, 1.54) is 19.3 Å². The summed E-state index contributed by atoms with van der Waals surface area (Å²) < 4.78 is 5.80. The standard InChI is InChI=1S/C23H25ClN6O/c24-15-9-11-28-21(12-15)27-18(22(28)26-16-4-2-1-3-5-16)14-29-20-13-25-10-8-19(20)30(23(29)31)17-6-7-17/h8-13,16-17,26H,1-7,14H2. The highest BCUT2D eigenvalue weighted by atomic mass is 35.5. The van der Waals surface area contributed by atoms with Gasteiger partial charge >= 0.3 is 5.69 Å². The van der Waals surface area contributed by atoms with Crippen LogP contribution in [0.4, 0.5) is 5.82 Å². The highest BCUT2D eigenvalue weighted by Crippen LogP contribution is 2.36. The van der Waals surface area contributed by atoms with Crippen LogP contribution in [0.2, 0.25) is 5.02 Å². The van der Waals surface area contributed by atoms with E-state index in [9.17, 15) is 4.79 Å². The van der Waals surface area contributed by atoms with Gasteiger partial charge in [-0.1, -0.05) is 30.9 Å². The molecular weight excluding hydrogens is 412 g/mol. The lowest BCUT2D eigenvalue weighted by Crippen LogP contribution is -2.26. The minimum atomic E-state index is 0.0178. The van der Waals surface area contributed by atoms with Crippen LogP contribution < -0.4 is 11.0 Å². The molecule has 4 heterocycles. The van der Waals surface area contributed by atoms with Gasteiger partial charge < -0.3 is 5.32 Å². The van der Waals surface area contributed by atoms with E-state index in [4.69, 9.17) is 16.6 Å². The molecule has 4 aromatic rings. The fraction of sp³-hybridized carbons (Fsp3) is 0.435. The largest absolute Gasteiger partial charge is 0.367 e. The molecule has 8 heteroatoms. The smallest absolute Gasteiger partial charge is 0.329 e. The summed E-state index contributed by atoms with van der Waals surface area (Å²) >= 11 is 6.24. The van der Waals surface area contributed by atoms with E-state index in [1.54, 1.807) is 12.4 Å². The van der Waals surface area contributed by atoms with E-state index in [-0.39, 0.29) is 5.69 Å². The third-order valence-corrected chi connectivity index (χ3v) is 6.83. The number of fused-ring (bicyclic) bond motifs is 2. The van der Waals surface area contributed by atoms with Gasteiger partial charge in [0.1, 0.15) is 17.2 Å². The first kappa shape index (κ1) is 18.9. The zero-order valence-electron chi connectivity index (χ0n) is 17.3. The topological polar surface area (TPSA) is 69.2 Å². The normalized spacial score (nSPS) is 17.6. The molecule has 0 radical (unpaired) electrons. The maximum Gasteiger partial charge on any atom is 0.329 e. The fourth-order valence-electron chi connectivity index (χ4n) is 4.89. The second kappa shape index (κ2) is 7.41. The lowest BCUT2D eigenvalue weighted by Gasteiger charge is -2.24. The van der Waals surface area contributed by atoms with E-state index in [2.05, 4.69) is 14.7 Å². The highest BCUT2D eigenvalue weighted by molar-refractivity contribution is 6.30. The van der Waals surface area contributed by atoms with Crippen molar-refractivity contribution in [2.45, 2.75) is 63.6 Å². The van der Waals surface area contributed by atoms with E-state index in [1.807, 2.05) is 33.5 Å². The third kappa shape index (κ3) is 3.31.